The van der Waals surface area contributed by atoms with Crippen molar-refractivity contribution >= 4 is 11.9 Å². The van der Waals surface area contributed by atoms with Gasteiger partial charge in [0.2, 0.25) is 0 Å². The van der Waals surface area contributed by atoms with E-state index >= 15 is 0 Å². The van der Waals surface area contributed by atoms with Crippen molar-refractivity contribution < 1.29 is 19.1 Å². The molecule has 0 spiro atoms. The van der Waals surface area contributed by atoms with Crippen molar-refractivity contribution in [3.63, 3.8) is 0 Å². The van der Waals surface area contributed by atoms with Crippen LogP contribution in [0.25, 0.3) is 5.69 Å². The molecule has 1 saturated heterocycles. The molecule has 0 saturated carbocycles. The van der Waals surface area contributed by atoms with Crippen LogP contribution in [0.4, 0.5) is 0 Å². The lowest BCUT2D eigenvalue weighted by Crippen LogP contribution is -2.46. The molecule has 1 fully saturated rings. The van der Waals surface area contributed by atoms with E-state index in [2.05, 4.69) is 16.7 Å². The number of nitrogens with zero attached hydrogens (tertiary/aromatic N) is 2. The number of rotatable bonds is 4. The largest absolute Gasteiger partial charge is 0.449 e. The third kappa shape index (κ3) is 3.80. The maximum Gasteiger partial charge on any atom is 0.338 e. The maximum absolute atomic E-state index is 12.3. The zero-order chi connectivity index (χ0) is 18.7. The molecule has 0 bridgehead atoms. The van der Waals surface area contributed by atoms with Gasteiger partial charge in [-0.05, 0) is 57.2 Å². The molecule has 1 aliphatic rings. The Morgan fingerprint density at radius 1 is 1.00 bits per heavy atom. The van der Waals surface area contributed by atoms with Crippen molar-refractivity contribution in [1.29, 1.82) is 0 Å². The van der Waals surface area contributed by atoms with E-state index in [0.29, 0.717) is 31.9 Å². The standard InChI is InChI=1S/C20H24N2O4/c1-14-4-5-15(2)22(14)18-8-6-17(7-9-18)20(24)26-16(3)19(23)21-10-12-25-13-11-21/h4-9,16H,10-13H2,1-3H3. The van der Waals surface area contributed by atoms with Crippen LogP contribution >= 0.6 is 0 Å². The van der Waals surface area contributed by atoms with E-state index in [1.54, 1.807) is 24.0 Å². The van der Waals surface area contributed by atoms with Crippen molar-refractivity contribution in [2.45, 2.75) is 26.9 Å². The number of aromatic nitrogens is 1. The van der Waals surface area contributed by atoms with E-state index in [1.165, 1.54) is 0 Å². The van der Waals surface area contributed by atoms with Crippen LogP contribution in [0.2, 0.25) is 0 Å². The van der Waals surface area contributed by atoms with Crippen LogP contribution in [0.5, 0.6) is 0 Å². The summed E-state index contributed by atoms with van der Waals surface area (Å²) >= 11 is 0. The molecule has 3 rings (SSSR count). The normalized spacial score (nSPS) is 15.6. The topological polar surface area (TPSA) is 60.8 Å². The van der Waals surface area contributed by atoms with Crippen molar-refractivity contribution in [2.24, 2.45) is 0 Å². The lowest BCUT2D eigenvalue weighted by Gasteiger charge is -2.28. The first-order chi connectivity index (χ1) is 12.5. The second-order valence-corrected chi connectivity index (χ2v) is 6.48. The van der Waals surface area contributed by atoms with Gasteiger partial charge >= 0.3 is 5.97 Å². The van der Waals surface area contributed by atoms with Crippen LogP contribution in [0.3, 0.4) is 0 Å². The number of esters is 1. The minimum absolute atomic E-state index is 0.183. The van der Waals surface area contributed by atoms with Crippen LogP contribution in [-0.2, 0) is 14.3 Å². The van der Waals surface area contributed by atoms with Gasteiger partial charge in [0.15, 0.2) is 6.10 Å². The van der Waals surface area contributed by atoms with Gasteiger partial charge in [-0.2, -0.15) is 0 Å². The summed E-state index contributed by atoms with van der Waals surface area (Å²) in [5.41, 5.74) is 3.67. The Morgan fingerprint density at radius 2 is 1.58 bits per heavy atom. The van der Waals surface area contributed by atoms with Gasteiger partial charge in [-0.15, -0.1) is 0 Å². The van der Waals surface area contributed by atoms with E-state index in [0.717, 1.165) is 17.1 Å². The Balaban J connectivity index is 1.65. The fourth-order valence-electron chi connectivity index (χ4n) is 3.14. The van der Waals surface area contributed by atoms with Crippen molar-refractivity contribution in [1.82, 2.24) is 9.47 Å². The zero-order valence-electron chi connectivity index (χ0n) is 15.4. The predicted molar refractivity (Wildman–Crippen MR) is 97.5 cm³/mol. The summed E-state index contributed by atoms with van der Waals surface area (Å²) in [5, 5.41) is 0. The first kappa shape index (κ1) is 18.2. The highest BCUT2D eigenvalue weighted by atomic mass is 16.5. The molecule has 6 nitrogen and oxygen atoms in total. The highest BCUT2D eigenvalue weighted by molar-refractivity contribution is 5.92. The molecule has 2 aromatic rings. The van der Waals surface area contributed by atoms with Crippen molar-refractivity contribution in [3.05, 3.63) is 53.3 Å². The fraction of sp³-hybridized carbons (Fsp3) is 0.400. The summed E-state index contributed by atoms with van der Waals surface area (Å²) in [6, 6.07) is 11.3. The molecule has 1 aliphatic heterocycles. The molecule has 1 amide bonds. The monoisotopic (exact) mass is 356 g/mol. The lowest BCUT2D eigenvalue weighted by atomic mass is 10.2. The Kier molecular flexibility index (Phi) is 5.42. The second-order valence-electron chi connectivity index (χ2n) is 6.48. The molecule has 1 atom stereocenters. The van der Waals surface area contributed by atoms with Gasteiger partial charge in [-0.1, -0.05) is 0 Å². The number of benzene rings is 1. The van der Waals surface area contributed by atoms with Crippen LogP contribution in [0, 0.1) is 13.8 Å². The second kappa shape index (κ2) is 7.74. The van der Waals surface area contributed by atoms with Crippen LogP contribution in [0.15, 0.2) is 36.4 Å². The van der Waals surface area contributed by atoms with E-state index in [-0.39, 0.29) is 5.91 Å². The Hall–Kier alpha value is -2.60. The minimum Gasteiger partial charge on any atom is -0.449 e. The molecule has 1 aromatic heterocycles. The highest BCUT2D eigenvalue weighted by Crippen LogP contribution is 2.17. The number of ether oxygens (including phenoxy) is 2. The number of carbonyl (C=O) groups excluding carboxylic acids is 2. The molecule has 1 unspecified atom stereocenters. The summed E-state index contributed by atoms with van der Waals surface area (Å²) in [4.78, 5) is 26.4. The molecule has 0 N–H and O–H groups in total. The van der Waals surface area contributed by atoms with Gasteiger partial charge in [0.05, 0.1) is 18.8 Å². The van der Waals surface area contributed by atoms with E-state index < -0.39 is 12.1 Å². The van der Waals surface area contributed by atoms with Gasteiger partial charge in [0, 0.05) is 30.2 Å². The molecule has 26 heavy (non-hydrogen) atoms. The molecular weight excluding hydrogens is 332 g/mol. The smallest absolute Gasteiger partial charge is 0.338 e. The van der Waals surface area contributed by atoms with E-state index in [9.17, 15) is 9.59 Å². The van der Waals surface area contributed by atoms with Crippen LogP contribution in [-0.4, -0.2) is 53.8 Å². The quantitative estimate of drug-likeness (QED) is 0.790. The fourth-order valence-corrected chi connectivity index (χ4v) is 3.14. The molecule has 1 aromatic carbocycles. The Morgan fingerprint density at radius 3 is 2.15 bits per heavy atom. The first-order valence-electron chi connectivity index (χ1n) is 8.80. The number of hydrogen-bond acceptors (Lipinski definition) is 4. The average Bonchev–Trinajstić information content (AvgIpc) is 3.00. The number of amides is 1. The van der Waals surface area contributed by atoms with Crippen LogP contribution in [0.1, 0.15) is 28.7 Å². The van der Waals surface area contributed by atoms with Gasteiger partial charge in [-0.25, -0.2) is 4.79 Å². The molecule has 0 aliphatic carbocycles. The third-order valence-electron chi connectivity index (χ3n) is 4.59. The summed E-state index contributed by atoms with van der Waals surface area (Å²) < 4.78 is 12.7. The summed E-state index contributed by atoms with van der Waals surface area (Å²) in [6.45, 7) is 7.78. The molecule has 6 heteroatoms. The van der Waals surface area contributed by atoms with E-state index in [4.69, 9.17) is 9.47 Å². The van der Waals surface area contributed by atoms with E-state index in [1.807, 2.05) is 26.0 Å². The number of hydrogen-bond donors (Lipinski definition) is 0. The predicted octanol–water partition coefficient (Wildman–Crippen LogP) is 2.50. The third-order valence-corrected chi connectivity index (χ3v) is 4.59. The average molecular weight is 356 g/mol. The summed E-state index contributed by atoms with van der Waals surface area (Å²) in [6.07, 6.45) is -0.811. The van der Waals surface area contributed by atoms with Crippen LogP contribution < -0.4 is 0 Å². The number of carbonyl (C=O) groups is 2. The molecule has 0 radical (unpaired) electrons. The Bertz CT molecular complexity index is 769. The van der Waals surface area contributed by atoms with Gasteiger partial charge in [0.1, 0.15) is 0 Å². The number of aryl methyl sites for hydroxylation is 2. The van der Waals surface area contributed by atoms with Crippen molar-refractivity contribution in [2.75, 3.05) is 26.3 Å². The Labute approximate surface area is 153 Å². The van der Waals surface area contributed by atoms with Gasteiger partial charge in [0.25, 0.3) is 5.91 Å². The maximum atomic E-state index is 12.3. The summed E-state index contributed by atoms with van der Waals surface area (Å²) in [7, 11) is 0. The molecule has 2 heterocycles. The summed E-state index contributed by atoms with van der Waals surface area (Å²) in [5.74, 6) is -0.677. The van der Waals surface area contributed by atoms with Gasteiger partial charge in [-0.3, -0.25) is 4.79 Å². The SMILES string of the molecule is Cc1ccc(C)n1-c1ccc(C(=O)OC(C)C(=O)N2CCOCC2)cc1. The first-order valence-corrected chi connectivity index (χ1v) is 8.80. The van der Waals surface area contributed by atoms with Crippen molar-refractivity contribution in [3.8, 4) is 5.69 Å². The lowest BCUT2D eigenvalue weighted by molar-refractivity contribution is -0.143. The van der Waals surface area contributed by atoms with Gasteiger partial charge < -0.3 is 18.9 Å². The number of morpholine rings is 1. The molecule has 138 valence electrons. The zero-order valence-corrected chi connectivity index (χ0v) is 15.4. The highest BCUT2D eigenvalue weighted by Gasteiger charge is 2.25. The minimum atomic E-state index is -0.811. The molecular formula is C20H24N2O4.